The van der Waals surface area contributed by atoms with Gasteiger partial charge in [0.25, 0.3) is 0 Å². The molecular weight excluding hydrogens is 283 g/mol. The number of halogens is 3. The minimum absolute atomic E-state index is 0.0976. The van der Waals surface area contributed by atoms with Crippen molar-refractivity contribution in [3.8, 4) is 0 Å². The molecule has 3 N–H and O–H groups in total. The second kappa shape index (κ2) is 4.51. The highest BCUT2D eigenvalue weighted by atomic mass is 19.4. The van der Waals surface area contributed by atoms with Crippen LogP contribution in [0, 0.1) is 6.92 Å². The molecule has 0 fully saturated rings. The number of aryl methyl sites for hydroxylation is 1. The van der Waals surface area contributed by atoms with Gasteiger partial charge in [0.15, 0.2) is 11.3 Å². The number of aromatic amines is 1. The number of hydrogen-bond donors (Lipinski definition) is 2. The molecule has 0 unspecified atom stereocenters. The monoisotopic (exact) mass is 295 g/mol. The predicted octanol–water partition coefficient (Wildman–Crippen LogP) is 2.72. The zero-order valence-corrected chi connectivity index (χ0v) is 11.1. The van der Waals surface area contributed by atoms with Crippen molar-refractivity contribution in [2.24, 2.45) is 0 Å². The van der Waals surface area contributed by atoms with Crippen molar-refractivity contribution in [1.29, 1.82) is 0 Å². The lowest BCUT2D eigenvalue weighted by atomic mass is 10.1. The Morgan fingerprint density at radius 3 is 2.52 bits per heavy atom. The van der Waals surface area contributed by atoms with E-state index < -0.39 is 11.9 Å². The first-order valence-electron chi connectivity index (χ1n) is 6.19. The van der Waals surface area contributed by atoms with E-state index in [1.165, 1.54) is 4.68 Å². The third-order valence-corrected chi connectivity index (χ3v) is 3.20. The normalized spacial score (nSPS) is 12.2. The van der Waals surface area contributed by atoms with Gasteiger partial charge in [0.1, 0.15) is 5.82 Å². The molecule has 3 aromatic rings. The van der Waals surface area contributed by atoms with Gasteiger partial charge in [0, 0.05) is 0 Å². The fourth-order valence-corrected chi connectivity index (χ4v) is 2.16. The van der Waals surface area contributed by atoms with E-state index in [2.05, 4.69) is 15.3 Å². The van der Waals surface area contributed by atoms with Crippen LogP contribution in [0.5, 0.6) is 0 Å². The number of alkyl halides is 3. The first kappa shape index (κ1) is 13.5. The Morgan fingerprint density at radius 2 is 1.90 bits per heavy atom. The summed E-state index contributed by atoms with van der Waals surface area (Å²) in [5.41, 5.74) is 6.52. The summed E-state index contributed by atoms with van der Waals surface area (Å²) in [6.07, 6.45) is -4.57. The van der Waals surface area contributed by atoms with Crippen molar-refractivity contribution in [3.05, 3.63) is 41.1 Å². The highest BCUT2D eigenvalue weighted by Crippen LogP contribution is 2.35. The number of nitrogens with one attached hydrogen (secondary N) is 1. The molecule has 0 spiro atoms. The average molecular weight is 295 g/mol. The highest BCUT2D eigenvalue weighted by molar-refractivity contribution is 5.89. The average Bonchev–Trinajstić information content (AvgIpc) is 2.94. The Kier molecular flexibility index (Phi) is 2.89. The van der Waals surface area contributed by atoms with Gasteiger partial charge in [-0.25, -0.2) is 4.68 Å². The molecule has 2 aromatic heterocycles. The first-order chi connectivity index (χ1) is 9.86. The molecule has 1 aromatic carbocycles. The van der Waals surface area contributed by atoms with E-state index in [9.17, 15) is 13.2 Å². The molecule has 3 rings (SSSR count). The van der Waals surface area contributed by atoms with Crippen LogP contribution in [0.2, 0.25) is 0 Å². The first-order valence-corrected chi connectivity index (χ1v) is 6.19. The van der Waals surface area contributed by atoms with Crippen LogP contribution in [-0.4, -0.2) is 20.0 Å². The maximum Gasteiger partial charge on any atom is 0.435 e. The lowest BCUT2D eigenvalue weighted by molar-refractivity contribution is -0.140. The summed E-state index contributed by atoms with van der Waals surface area (Å²) in [5, 5.41) is 9.63. The summed E-state index contributed by atoms with van der Waals surface area (Å²) in [5.74, 6) is -0.132. The van der Waals surface area contributed by atoms with E-state index in [-0.39, 0.29) is 23.4 Å². The van der Waals surface area contributed by atoms with Crippen LogP contribution in [0.15, 0.2) is 24.3 Å². The maximum atomic E-state index is 13.0. The summed E-state index contributed by atoms with van der Waals surface area (Å²) >= 11 is 0. The fraction of sp³-hybridized carbons (Fsp3) is 0.231. The number of fused-ring (bicyclic) bond motifs is 1. The van der Waals surface area contributed by atoms with E-state index in [1.807, 2.05) is 31.2 Å². The third-order valence-electron chi connectivity index (χ3n) is 3.20. The minimum atomic E-state index is -4.57. The summed E-state index contributed by atoms with van der Waals surface area (Å²) in [7, 11) is 0. The van der Waals surface area contributed by atoms with Gasteiger partial charge in [-0.05, 0) is 12.5 Å². The Bertz CT molecular complexity index is 783. The maximum absolute atomic E-state index is 13.0. The van der Waals surface area contributed by atoms with Gasteiger partial charge in [-0.1, -0.05) is 29.8 Å². The van der Waals surface area contributed by atoms with Gasteiger partial charge in [-0.15, -0.1) is 0 Å². The van der Waals surface area contributed by atoms with Crippen LogP contribution in [0.1, 0.15) is 16.8 Å². The van der Waals surface area contributed by atoms with E-state index in [0.29, 0.717) is 0 Å². The molecule has 5 nitrogen and oxygen atoms in total. The summed E-state index contributed by atoms with van der Waals surface area (Å²) in [4.78, 5) is 0. The second-order valence-corrected chi connectivity index (χ2v) is 4.83. The smallest absolute Gasteiger partial charge is 0.383 e. The molecule has 0 bridgehead atoms. The van der Waals surface area contributed by atoms with Crippen molar-refractivity contribution in [1.82, 2.24) is 20.0 Å². The molecule has 21 heavy (non-hydrogen) atoms. The van der Waals surface area contributed by atoms with Gasteiger partial charge >= 0.3 is 6.18 Å². The van der Waals surface area contributed by atoms with Crippen LogP contribution in [0.4, 0.5) is 19.0 Å². The molecule has 110 valence electrons. The SMILES string of the molecule is Cc1ccc(Cn2nc(C(F)(F)F)c3c(N)[nH]nc32)cc1. The molecule has 0 radical (unpaired) electrons. The number of aromatic nitrogens is 4. The molecule has 0 saturated carbocycles. The van der Waals surface area contributed by atoms with Gasteiger partial charge in [-0.3, -0.25) is 5.10 Å². The van der Waals surface area contributed by atoms with E-state index >= 15 is 0 Å². The van der Waals surface area contributed by atoms with Crippen molar-refractivity contribution in [2.45, 2.75) is 19.6 Å². The lowest BCUT2D eigenvalue weighted by Gasteiger charge is -2.04. The number of nitrogen functional groups attached to an aromatic ring is 1. The Hall–Kier alpha value is -2.51. The van der Waals surface area contributed by atoms with E-state index in [4.69, 9.17) is 5.73 Å². The van der Waals surface area contributed by atoms with Crippen LogP contribution < -0.4 is 5.73 Å². The van der Waals surface area contributed by atoms with E-state index in [0.717, 1.165) is 11.1 Å². The van der Waals surface area contributed by atoms with E-state index in [1.54, 1.807) is 0 Å². The molecule has 0 amide bonds. The molecule has 0 aliphatic rings. The Balaban J connectivity index is 2.09. The summed E-state index contributed by atoms with van der Waals surface area (Å²) < 4.78 is 40.2. The van der Waals surface area contributed by atoms with Crippen LogP contribution in [0.3, 0.4) is 0 Å². The van der Waals surface area contributed by atoms with Gasteiger partial charge in [0.05, 0.1) is 11.9 Å². The lowest BCUT2D eigenvalue weighted by Crippen LogP contribution is -2.10. The number of H-pyrrole nitrogens is 1. The molecule has 2 heterocycles. The van der Waals surface area contributed by atoms with Gasteiger partial charge < -0.3 is 5.73 Å². The van der Waals surface area contributed by atoms with Crippen LogP contribution in [-0.2, 0) is 12.7 Å². The fourth-order valence-electron chi connectivity index (χ4n) is 2.16. The van der Waals surface area contributed by atoms with Crippen molar-refractivity contribution >= 4 is 16.9 Å². The minimum Gasteiger partial charge on any atom is -0.383 e. The number of nitrogens with zero attached hydrogens (tertiary/aromatic N) is 3. The van der Waals surface area contributed by atoms with Crippen LogP contribution >= 0.6 is 0 Å². The molecule has 8 heteroatoms. The molecule has 0 aliphatic carbocycles. The quantitative estimate of drug-likeness (QED) is 0.763. The van der Waals surface area contributed by atoms with Gasteiger partial charge in [0.2, 0.25) is 0 Å². The standard InChI is InChI=1S/C13H12F3N5/c1-7-2-4-8(5-3-7)6-21-12-9(11(17)18-19-12)10(20-21)13(14,15)16/h2-5H,6H2,1H3,(H3,17,18,19). The van der Waals surface area contributed by atoms with Crippen LogP contribution in [0.25, 0.3) is 11.0 Å². The zero-order valence-electron chi connectivity index (χ0n) is 11.1. The highest BCUT2D eigenvalue weighted by Gasteiger charge is 2.38. The van der Waals surface area contributed by atoms with Crippen molar-refractivity contribution < 1.29 is 13.2 Å². The number of hydrogen-bond acceptors (Lipinski definition) is 3. The molecule has 0 atom stereocenters. The summed E-state index contributed by atoms with van der Waals surface area (Å²) in [6.45, 7) is 2.13. The zero-order chi connectivity index (χ0) is 15.2. The number of nitrogens with two attached hydrogens (primary N) is 1. The number of anilines is 1. The third kappa shape index (κ3) is 2.32. The number of rotatable bonds is 2. The predicted molar refractivity (Wildman–Crippen MR) is 71.6 cm³/mol. The molecular formula is C13H12F3N5. The topological polar surface area (TPSA) is 72.5 Å². The van der Waals surface area contributed by atoms with Crippen molar-refractivity contribution in [2.75, 3.05) is 5.73 Å². The number of benzene rings is 1. The second-order valence-electron chi connectivity index (χ2n) is 4.83. The largest absolute Gasteiger partial charge is 0.435 e. The Morgan fingerprint density at radius 1 is 1.24 bits per heavy atom. The molecule has 0 aliphatic heterocycles. The summed E-state index contributed by atoms with van der Waals surface area (Å²) in [6, 6.07) is 7.46. The van der Waals surface area contributed by atoms with Gasteiger partial charge in [-0.2, -0.15) is 23.4 Å². The molecule has 0 saturated heterocycles. The van der Waals surface area contributed by atoms with Crippen molar-refractivity contribution in [3.63, 3.8) is 0 Å². The Labute approximate surface area is 117 Å².